The molecule has 0 unspecified atom stereocenters. The van der Waals surface area contributed by atoms with Crippen LogP contribution in [0.3, 0.4) is 0 Å². The minimum Gasteiger partial charge on any atom is -0.0901 e. The van der Waals surface area contributed by atoms with E-state index in [0.29, 0.717) is 0 Å². The molecule has 0 fully saturated rings. The number of hydrogen-bond acceptors (Lipinski definition) is 1. The lowest BCUT2D eigenvalue weighted by atomic mass is 10.1. The first-order chi connectivity index (χ1) is 11.4. The van der Waals surface area contributed by atoms with E-state index in [-0.39, 0.29) is 0 Å². The quantitative estimate of drug-likeness (QED) is 0.407. The van der Waals surface area contributed by atoms with E-state index in [1.54, 1.807) is 11.8 Å². The third-order valence-electron chi connectivity index (χ3n) is 3.92. The summed E-state index contributed by atoms with van der Waals surface area (Å²) in [6.07, 6.45) is 0. The third kappa shape index (κ3) is 3.15. The Kier molecular flexibility index (Phi) is 3.87. The van der Waals surface area contributed by atoms with Gasteiger partial charge in [0.2, 0.25) is 0 Å². The molecule has 110 valence electrons. The largest absolute Gasteiger partial charge is 0.0901 e. The third-order valence-corrected chi connectivity index (χ3v) is 4.92. The standard InChI is InChI=1S/C22H16S/c1-2-6-17(7-3-1)19-10-13-21(14-11-19)23-22-15-12-18-8-4-5-9-20(18)16-22/h1-16H. The first kappa shape index (κ1) is 14.1. The maximum Gasteiger partial charge on any atom is 0.0128 e. The van der Waals surface area contributed by atoms with E-state index in [2.05, 4.69) is 91.0 Å². The predicted octanol–water partition coefficient (Wildman–Crippen LogP) is 6.66. The van der Waals surface area contributed by atoms with Gasteiger partial charge >= 0.3 is 0 Å². The fourth-order valence-electron chi connectivity index (χ4n) is 2.71. The number of hydrogen-bond donors (Lipinski definition) is 0. The van der Waals surface area contributed by atoms with Crippen LogP contribution < -0.4 is 0 Å². The van der Waals surface area contributed by atoms with Crippen LogP contribution in [0.2, 0.25) is 0 Å². The van der Waals surface area contributed by atoms with Gasteiger partial charge < -0.3 is 0 Å². The van der Waals surface area contributed by atoms with Crippen molar-refractivity contribution in [2.45, 2.75) is 9.79 Å². The second kappa shape index (κ2) is 6.31. The number of rotatable bonds is 3. The average Bonchev–Trinajstić information content (AvgIpc) is 2.63. The van der Waals surface area contributed by atoms with Gasteiger partial charge in [0.15, 0.2) is 0 Å². The van der Waals surface area contributed by atoms with E-state index in [0.717, 1.165) is 0 Å². The van der Waals surface area contributed by atoms with Crippen molar-refractivity contribution in [3.63, 3.8) is 0 Å². The van der Waals surface area contributed by atoms with Gasteiger partial charge in [0.05, 0.1) is 0 Å². The average molecular weight is 312 g/mol. The van der Waals surface area contributed by atoms with Crippen LogP contribution in [0.25, 0.3) is 21.9 Å². The molecular formula is C22H16S. The van der Waals surface area contributed by atoms with Crippen LogP contribution in [0.1, 0.15) is 0 Å². The van der Waals surface area contributed by atoms with E-state index in [1.165, 1.54) is 31.7 Å². The van der Waals surface area contributed by atoms with Crippen LogP contribution >= 0.6 is 11.8 Å². The summed E-state index contributed by atoms with van der Waals surface area (Å²) in [6.45, 7) is 0. The highest BCUT2D eigenvalue weighted by Crippen LogP contribution is 2.31. The minimum absolute atomic E-state index is 1.26. The number of benzene rings is 4. The van der Waals surface area contributed by atoms with Gasteiger partial charge in [-0.25, -0.2) is 0 Å². The molecule has 0 saturated carbocycles. The molecule has 0 atom stereocenters. The summed E-state index contributed by atoms with van der Waals surface area (Å²) in [4.78, 5) is 2.54. The van der Waals surface area contributed by atoms with Crippen molar-refractivity contribution in [2.24, 2.45) is 0 Å². The molecular weight excluding hydrogens is 296 g/mol. The maximum atomic E-state index is 2.26. The second-order valence-corrected chi connectivity index (χ2v) is 6.65. The molecule has 4 aromatic carbocycles. The topological polar surface area (TPSA) is 0 Å². The van der Waals surface area contributed by atoms with Crippen LogP contribution in [-0.2, 0) is 0 Å². The van der Waals surface area contributed by atoms with Crippen molar-refractivity contribution in [3.8, 4) is 11.1 Å². The Bertz CT molecular complexity index is 925. The molecule has 0 aliphatic rings. The molecule has 0 nitrogen and oxygen atoms in total. The van der Waals surface area contributed by atoms with E-state index in [9.17, 15) is 0 Å². The Morgan fingerprint density at radius 3 is 1.83 bits per heavy atom. The fraction of sp³-hybridized carbons (Fsp3) is 0. The van der Waals surface area contributed by atoms with Crippen LogP contribution in [-0.4, -0.2) is 0 Å². The van der Waals surface area contributed by atoms with Crippen LogP contribution in [0.15, 0.2) is 107 Å². The minimum atomic E-state index is 1.26. The van der Waals surface area contributed by atoms with Crippen LogP contribution in [0, 0.1) is 0 Å². The smallest absolute Gasteiger partial charge is 0.0128 e. The van der Waals surface area contributed by atoms with Crippen molar-refractivity contribution >= 4 is 22.5 Å². The van der Waals surface area contributed by atoms with E-state index >= 15 is 0 Å². The number of fused-ring (bicyclic) bond motifs is 1. The van der Waals surface area contributed by atoms with Gasteiger partial charge in [0.1, 0.15) is 0 Å². The lowest BCUT2D eigenvalue weighted by Gasteiger charge is -2.06. The van der Waals surface area contributed by atoms with Crippen LogP contribution in [0.4, 0.5) is 0 Å². The van der Waals surface area contributed by atoms with Crippen molar-refractivity contribution < 1.29 is 0 Å². The Morgan fingerprint density at radius 2 is 1.04 bits per heavy atom. The first-order valence-electron chi connectivity index (χ1n) is 7.71. The van der Waals surface area contributed by atoms with E-state index in [4.69, 9.17) is 0 Å². The molecule has 23 heavy (non-hydrogen) atoms. The molecule has 1 heteroatoms. The lowest BCUT2D eigenvalue weighted by molar-refractivity contribution is 1.42. The molecule has 0 saturated heterocycles. The summed E-state index contributed by atoms with van der Waals surface area (Å²) >= 11 is 1.81. The Labute approximate surface area is 140 Å². The monoisotopic (exact) mass is 312 g/mol. The summed E-state index contributed by atoms with van der Waals surface area (Å²) in [5, 5.41) is 2.58. The highest BCUT2D eigenvalue weighted by atomic mass is 32.2. The summed E-state index contributed by atoms with van der Waals surface area (Å²) in [5.41, 5.74) is 2.52. The van der Waals surface area contributed by atoms with Gasteiger partial charge in [-0.15, -0.1) is 0 Å². The molecule has 0 aromatic heterocycles. The Balaban J connectivity index is 1.58. The van der Waals surface area contributed by atoms with Gasteiger partial charge in [-0.1, -0.05) is 84.6 Å². The molecule has 4 aromatic rings. The molecule has 0 aliphatic carbocycles. The summed E-state index contributed by atoms with van der Waals surface area (Å²) in [5.74, 6) is 0. The molecule has 0 heterocycles. The van der Waals surface area contributed by atoms with Gasteiger partial charge in [-0.2, -0.15) is 0 Å². The summed E-state index contributed by atoms with van der Waals surface area (Å²) in [7, 11) is 0. The van der Waals surface area contributed by atoms with E-state index < -0.39 is 0 Å². The Hall–Kier alpha value is -2.51. The van der Waals surface area contributed by atoms with Gasteiger partial charge in [-0.3, -0.25) is 0 Å². The summed E-state index contributed by atoms with van der Waals surface area (Å²) < 4.78 is 0. The molecule has 0 aliphatic heterocycles. The normalized spacial score (nSPS) is 10.8. The molecule has 0 bridgehead atoms. The summed E-state index contributed by atoms with van der Waals surface area (Å²) in [6, 6.07) is 34.4. The zero-order chi connectivity index (χ0) is 15.5. The lowest BCUT2D eigenvalue weighted by Crippen LogP contribution is -1.79. The van der Waals surface area contributed by atoms with Crippen molar-refractivity contribution in [1.82, 2.24) is 0 Å². The predicted molar refractivity (Wildman–Crippen MR) is 99.9 cm³/mol. The molecule has 4 rings (SSSR count). The molecule has 0 spiro atoms. The fourth-order valence-corrected chi connectivity index (χ4v) is 3.58. The SMILES string of the molecule is c1ccc(-c2ccc(Sc3ccc4ccccc4c3)cc2)cc1. The highest BCUT2D eigenvalue weighted by Gasteiger charge is 2.01. The second-order valence-electron chi connectivity index (χ2n) is 5.50. The van der Waals surface area contributed by atoms with Gasteiger partial charge in [0, 0.05) is 9.79 Å². The maximum absolute atomic E-state index is 2.26. The molecule has 0 amide bonds. The molecule has 0 radical (unpaired) electrons. The first-order valence-corrected chi connectivity index (χ1v) is 8.52. The van der Waals surface area contributed by atoms with E-state index in [1.807, 2.05) is 6.07 Å². The zero-order valence-corrected chi connectivity index (χ0v) is 13.5. The van der Waals surface area contributed by atoms with Crippen molar-refractivity contribution in [1.29, 1.82) is 0 Å². The van der Waals surface area contributed by atoms with Gasteiger partial charge in [0.25, 0.3) is 0 Å². The van der Waals surface area contributed by atoms with Gasteiger partial charge in [-0.05, 0) is 46.2 Å². The zero-order valence-electron chi connectivity index (χ0n) is 12.6. The van der Waals surface area contributed by atoms with Crippen molar-refractivity contribution in [2.75, 3.05) is 0 Å². The van der Waals surface area contributed by atoms with Crippen LogP contribution in [0.5, 0.6) is 0 Å². The molecule has 0 N–H and O–H groups in total. The van der Waals surface area contributed by atoms with Crippen molar-refractivity contribution in [3.05, 3.63) is 97.1 Å². The highest BCUT2D eigenvalue weighted by molar-refractivity contribution is 7.99. The Morgan fingerprint density at radius 1 is 0.435 bits per heavy atom.